The lowest BCUT2D eigenvalue weighted by Crippen LogP contribution is -2.11. The van der Waals surface area contributed by atoms with Gasteiger partial charge in [0.2, 0.25) is 10.0 Å². The number of hydrogen-bond donors (Lipinski definition) is 1. The van der Waals surface area contributed by atoms with Gasteiger partial charge in [-0.25, -0.2) is 13.6 Å². The Balaban J connectivity index is 2.50. The molecule has 2 N–H and O–H groups in total. The van der Waals surface area contributed by atoms with Crippen molar-refractivity contribution < 1.29 is 8.42 Å². The molecule has 0 radical (unpaired) electrons. The first-order valence-electron chi connectivity index (χ1n) is 5.17. The molecule has 0 aliphatic heterocycles. The van der Waals surface area contributed by atoms with Crippen LogP contribution in [-0.2, 0) is 10.0 Å². The predicted molar refractivity (Wildman–Crippen MR) is 68.0 cm³/mol. The van der Waals surface area contributed by atoms with Crippen LogP contribution in [0.1, 0.15) is 5.56 Å². The second kappa shape index (κ2) is 4.31. The van der Waals surface area contributed by atoms with Crippen molar-refractivity contribution in [3.63, 3.8) is 0 Å². The summed E-state index contributed by atoms with van der Waals surface area (Å²) in [5.74, 6) is 0. The smallest absolute Gasteiger partial charge is 0.225 e. The van der Waals surface area contributed by atoms with Crippen molar-refractivity contribution in [2.24, 2.45) is 5.14 Å². The van der Waals surface area contributed by atoms with Gasteiger partial charge in [0.25, 0.3) is 0 Å². The van der Waals surface area contributed by atoms with Crippen LogP contribution in [0.5, 0.6) is 0 Å². The van der Waals surface area contributed by atoms with E-state index in [4.69, 9.17) is 5.14 Å². The molecule has 88 valence electrons. The van der Waals surface area contributed by atoms with Crippen LogP contribution in [0.2, 0.25) is 0 Å². The first-order chi connectivity index (χ1) is 7.97. The van der Waals surface area contributed by atoms with E-state index >= 15 is 0 Å². The molecule has 0 atom stereocenters. The molecule has 2 aromatic rings. The minimum Gasteiger partial charge on any atom is -0.225 e. The van der Waals surface area contributed by atoms with E-state index in [9.17, 15) is 8.42 Å². The zero-order valence-electron chi connectivity index (χ0n) is 9.42. The Bertz CT molecular complexity index is 631. The fourth-order valence-corrected chi connectivity index (χ4v) is 2.16. The van der Waals surface area contributed by atoms with Crippen LogP contribution in [-0.4, -0.2) is 8.42 Å². The molecule has 0 saturated heterocycles. The summed E-state index contributed by atoms with van der Waals surface area (Å²) in [7, 11) is -3.64. The molecule has 0 saturated carbocycles. The topological polar surface area (TPSA) is 60.2 Å². The Morgan fingerprint density at radius 1 is 0.941 bits per heavy atom. The maximum atomic E-state index is 11.2. The highest BCUT2D eigenvalue weighted by Gasteiger charge is 2.08. The molecule has 0 amide bonds. The second-order valence-corrected chi connectivity index (χ2v) is 5.50. The molecular formula is C13H13NO2S. The summed E-state index contributed by atoms with van der Waals surface area (Å²) in [6.07, 6.45) is 0. The zero-order valence-corrected chi connectivity index (χ0v) is 10.2. The molecule has 4 heteroatoms. The third kappa shape index (κ3) is 2.72. The molecule has 0 heterocycles. The summed E-state index contributed by atoms with van der Waals surface area (Å²) in [5.41, 5.74) is 2.98. The third-order valence-corrected chi connectivity index (χ3v) is 3.46. The molecule has 2 rings (SSSR count). The fourth-order valence-electron chi connectivity index (χ4n) is 1.60. The summed E-state index contributed by atoms with van der Waals surface area (Å²) < 4.78 is 22.5. The molecule has 0 aliphatic rings. The van der Waals surface area contributed by atoms with E-state index in [1.165, 1.54) is 6.07 Å². The van der Waals surface area contributed by atoms with Crippen molar-refractivity contribution in [2.45, 2.75) is 11.8 Å². The number of sulfonamides is 1. The van der Waals surface area contributed by atoms with Gasteiger partial charge < -0.3 is 0 Å². The van der Waals surface area contributed by atoms with Gasteiger partial charge in [-0.1, -0.05) is 42.0 Å². The van der Waals surface area contributed by atoms with Crippen LogP contribution in [0.15, 0.2) is 53.4 Å². The lowest BCUT2D eigenvalue weighted by atomic mass is 10.0. The summed E-state index contributed by atoms with van der Waals surface area (Å²) in [5, 5.41) is 5.10. The van der Waals surface area contributed by atoms with E-state index in [1.807, 2.05) is 37.3 Å². The van der Waals surface area contributed by atoms with Crippen LogP contribution < -0.4 is 5.14 Å². The number of nitrogens with two attached hydrogens (primary N) is 1. The van der Waals surface area contributed by atoms with Gasteiger partial charge in [0.05, 0.1) is 4.90 Å². The van der Waals surface area contributed by atoms with Crippen molar-refractivity contribution in [1.82, 2.24) is 0 Å². The van der Waals surface area contributed by atoms with Gasteiger partial charge in [0.15, 0.2) is 0 Å². The first-order valence-corrected chi connectivity index (χ1v) is 6.71. The minimum absolute atomic E-state index is 0.135. The average molecular weight is 247 g/mol. The number of aryl methyl sites for hydroxylation is 1. The highest BCUT2D eigenvalue weighted by Crippen LogP contribution is 2.22. The Hall–Kier alpha value is -1.65. The van der Waals surface area contributed by atoms with Gasteiger partial charge in [-0.2, -0.15) is 0 Å². The maximum absolute atomic E-state index is 11.2. The average Bonchev–Trinajstić information content (AvgIpc) is 2.29. The lowest BCUT2D eigenvalue weighted by molar-refractivity contribution is 0.598. The van der Waals surface area contributed by atoms with E-state index in [0.29, 0.717) is 0 Å². The zero-order chi connectivity index (χ0) is 12.5. The molecule has 0 bridgehead atoms. The number of rotatable bonds is 2. The van der Waals surface area contributed by atoms with Gasteiger partial charge in [-0.05, 0) is 30.2 Å². The quantitative estimate of drug-likeness (QED) is 0.885. The Morgan fingerprint density at radius 3 is 2.18 bits per heavy atom. The van der Waals surface area contributed by atoms with Crippen molar-refractivity contribution in [3.8, 4) is 11.1 Å². The molecule has 0 fully saturated rings. The van der Waals surface area contributed by atoms with Gasteiger partial charge in [0.1, 0.15) is 0 Å². The molecule has 0 aromatic heterocycles. The van der Waals surface area contributed by atoms with Crippen molar-refractivity contribution >= 4 is 10.0 Å². The minimum atomic E-state index is -3.64. The largest absolute Gasteiger partial charge is 0.238 e. The van der Waals surface area contributed by atoms with Gasteiger partial charge in [-0.3, -0.25) is 0 Å². The van der Waals surface area contributed by atoms with Crippen molar-refractivity contribution in [3.05, 3.63) is 54.1 Å². The van der Waals surface area contributed by atoms with Crippen LogP contribution in [0.4, 0.5) is 0 Å². The summed E-state index contributed by atoms with van der Waals surface area (Å²) in [6, 6.07) is 14.5. The Labute approximate surface area is 101 Å². The van der Waals surface area contributed by atoms with E-state index < -0.39 is 10.0 Å². The Morgan fingerprint density at radius 2 is 1.59 bits per heavy atom. The van der Waals surface area contributed by atoms with E-state index in [1.54, 1.807) is 12.1 Å². The van der Waals surface area contributed by atoms with E-state index in [2.05, 4.69) is 0 Å². The van der Waals surface area contributed by atoms with Crippen molar-refractivity contribution in [2.75, 3.05) is 0 Å². The van der Waals surface area contributed by atoms with Gasteiger partial charge in [-0.15, -0.1) is 0 Å². The van der Waals surface area contributed by atoms with Crippen LogP contribution in [0, 0.1) is 6.92 Å². The number of hydrogen-bond acceptors (Lipinski definition) is 2. The van der Waals surface area contributed by atoms with E-state index in [0.717, 1.165) is 16.7 Å². The molecule has 0 aliphatic carbocycles. The predicted octanol–water partition coefficient (Wildman–Crippen LogP) is 2.31. The van der Waals surface area contributed by atoms with Gasteiger partial charge >= 0.3 is 0 Å². The SMILES string of the molecule is Cc1ccc(-c2cccc(S(N)(=O)=O)c2)cc1. The summed E-state index contributed by atoms with van der Waals surface area (Å²) in [6.45, 7) is 2.00. The van der Waals surface area contributed by atoms with Crippen LogP contribution >= 0.6 is 0 Å². The van der Waals surface area contributed by atoms with Gasteiger partial charge in [0, 0.05) is 0 Å². The normalized spacial score (nSPS) is 11.4. The van der Waals surface area contributed by atoms with E-state index in [-0.39, 0.29) is 4.90 Å². The van der Waals surface area contributed by atoms with Crippen LogP contribution in [0.25, 0.3) is 11.1 Å². The number of primary sulfonamides is 1. The van der Waals surface area contributed by atoms with Crippen LogP contribution in [0.3, 0.4) is 0 Å². The summed E-state index contributed by atoms with van der Waals surface area (Å²) >= 11 is 0. The monoisotopic (exact) mass is 247 g/mol. The molecule has 0 spiro atoms. The molecular weight excluding hydrogens is 234 g/mol. The number of benzene rings is 2. The maximum Gasteiger partial charge on any atom is 0.238 e. The molecule has 0 unspecified atom stereocenters. The highest BCUT2D eigenvalue weighted by atomic mass is 32.2. The fraction of sp³-hybridized carbons (Fsp3) is 0.0769. The standard InChI is InChI=1S/C13H13NO2S/c1-10-5-7-11(8-6-10)12-3-2-4-13(9-12)17(14,15)16/h2-9H,1H3,(H2,14,15,16). The second-order valence-electron chi connectivity index (χ2n) is 3.94. The third-order valence-electron chi connectivity index (χ3n) is 2.55. The van der Waals surface area contributed by atoms with Crippen molar-refractivity contribution in [1.29, 1.82) is 0 Å². The summed E-state index contributed by atoms with van der Waals surface area (Å²) in [4.78, 5) is 0.135. The Kier molecular flexibility index (Phi) is 3.00. The highest BCUT2D eigenvalue weighted by molar-refractivity contribution is 7.89. The first kappa shape index (κ1) is 11.8. The lowest BCUT2D eigenvalue weighted by Gasteiger charge is -2.04. The molecule has 17 heavy (non-hydrogen) atoms. The molecule has 2 aromatic carbocycles. The molecule has 3 nitrogen and oxygen atoms in total.